The monoisotopic (exact) mass is 213 g/mol. The lowest BCUT2D eigenvalue weighted by atomic mass is 10.0. The third-order valence-electron chi connectivity index (χ3n) is 2.19. The quantitative estimate of drug-likeness (QED) is 0.445. The van der Waals surface area contributed by atoms with Gasteiger partial charge in [0.15, 0.2) is 0 Å². The van der Waals surface area contributed by atoms with Crippen LogP contribution < -0.4 is 5.73 Å². The van der Waals surface area contributed by atoms with Crippen LogP contribution in [0.3, 0.4) is 0 Å². The highest BCUT2D eigenvalue weighted by Gasteiger charge is 2.16. The molecule has 0 spiro atoms. The number of aryl methyl sites for hydroxylation is 1. The number of nitrogens with two attached hydrogens (primary N) is 1. The fourth-order valence-corrected chi connectivity index (χ4v) is 1.40. The average molecular weight is 213 g/mol. The summed E-state index contributed by atoms with van der Waals surface area (Å²) in [5, 5.41) is 19.0. The summed E-state index contributed by atoms with van der Waals surface area (Å²) in [6.45, 7) is 1.86. The van der Waals surface area contributed by atoms with Crippen LogP contribution in [0.25, 0.3) is 0 Å². The molecule has 0 aliphatic carbocycles. The summed E-state index contributed by atoms with van der Waals surface area (Å²) in [5.74, 6) is 0.227. The summed E-state index contributed by atoms with van der Waals surface area (Å²) in [6, 6.07) is 5.20. The van der Waals surface area contributed by atoms with Crippen molar-refractivity contribution in [2.45, 2.75) is 19.1 Å². The molecule has 0 bridgehead atoms. The first-order valence-corrected chi connectivity index (χ1v) is 5.02. The van der Waals surface area contributed by atoms with Crippen LogP contribution in [0, 0.1) is 6.92 Å². The van der Waals surface area contributed by atoms with Crippen molar-refractivity contribution in [1.29, 1.82) is 0 Å². The number of anilines is 1. The molecule has 0 aromatic heterocycles. The van der Waals surface area contributed by atoms with Gasteiger partial charge in [-0.2, -0.15) is 12.6 Å². The van der Waals surface area contributed by atoms with Gasteiger partial charge in [0, 0.05) is 11.4 Å². The molecule has 0 aliphatic rings. The Kier molecular flexibility index (Phi) is 3.80. The molecule has 1 aromatic rings. The normalized spacial score (nSPS) is 15.1. The van der Waals surface area contributed by atoms with E-state index in [9.17, 15) is 10.2 Å². The smallest absolute Gasteiger partial charge is 0.106 e. The van der Waals surface area contributed by atoms with Crippen LogP contribution in [-0.2, 0) is 0 Å². The molecule has 0 fully saturated rings. The minimum atomic E-state index is -0.896. The Hall–Kier alpha value is -0.710. The van der Waals surface area contributed by atoms with Gasteiger partial charge < -0.3 is 15.9 Å². The predicted molar refractivity (Wildman–Crippen MR) is 60.4 cm³/mol. The van der Waals surface area contributed by atoms with Gasteiger partial charge in [-0.25, -0.2) is 0 Å². The fourth-order valence-electron chi connectivity index (χ4n) is 1.20. The van der Waals surface area contributed by atoms with Gasteiger partial charge in [0.1, 0.15) is 6.10 Å². The molecule has 4 heteroatoms. The molecule has 3 nitrogen and oxygen atoms in total. The maximum absolute atomic E-state index is 9.66. The van der Waals surface area contributed by atoms with Crippen molar-refractivity contribution in [3.05, 3.63) is 29.3 Å². The standard InChI is InChI=1S/C10H15NO2S/c1-6-4-7(2-3-8(6)11)10(13)9(12)5-14/h2-4,9-10,12-14H,5,11H2,1H3. The Morgan fingerprint density at radius 3 is 2.57 bits per heavy atom. The van der Waals surface area contributed by atoms with Crippen LogP contribution in [0.2, 0.25) is 0 Å². The molecule has 0 radical (unpaired) electrons. The van der Waals surface area contributed by atoms with Gasteiger partial charge in [-0.1, -0.05) is 12.1 Å². The molecule has 14 heavy (non-hydrogen) atoms. The van der Waals surface area contributed by atoms with Crippen LogP contribution in [-0.4, -0.2) is 22.1 Å². The molecular weight excluding hydrogens is 198 g/mol. The molecule has 0 aliphatic heterocycles. The molecule has 0 heterocycles. The molecule has 1 aromatic carbocycles. The third kappa shape index (κ3) is 2.41. The molecule has 78 valence electrons. The van der Waals surface area contributed by atoms with Gasteiger partial charge in [-0.15, -0.1) is 0 Å². The Morgan fingerprint density at radius 2 is 2.07 bits per heavy atom. The van der Waals surface area contributed by atoms with Crippen LogP contribution >= 0.6 is 12.6 Å². The first-order valence-electron chi connectivity index (χ1n) is 4.39. The van der Waals surface area contributed by atoms with E-state index < -0.39 is 12.2 Å². The average Bonchev–Trinajstić information content (AvgIpc) is 2.20. The number of hydrogen-bond donors (Lipinski definition) is 4. The first kappa shape index (κ1) is 11.4. The molecule has 1 rings (SSSR count). The van der Waals surface area contributed by atoms with Gasteiger partial charge >= 0.3 is 0 Å². The highest BCUT2D eigenvalue weighted by molar-refractivity contribution is 7.80. The lowest BCUT2D eigenvalue weighted by Crippen LogP contribution is -2.19. The number of rotatable bonds is 3. The van der Waals surface area contributed by atoms with Gasteiger partial charge in [0.05, 0.1) is 6.10 Å². The predicted octanol–water partition coefficient (Wildman–Crippen LogP) is 0.901. The van der Waals surface area contributed by atoms with Gasteiger partial charge in [-0.3, -0.25) is 0 Å². The summed E-state index contributed by atoms with van der Waals surface area (Å²) in [6.07, 6.45) is -1.74. The molecule has 4 N–H and O–H groups in total. The Bertz CT molecular complexity index is 317. The fraction of sp³-hybridized carbons (Fsp3) is 0.400. The second kappa shape index (κ2) is 4.68. The lowest BCUT2D eigenvalue weighted by molar-refractivity contribution is 0.0337. The summed E-state index contributed by atoms with van der Waals surface area (Å²) < 4.78 is 0. The Morgan fingerprint density at radius 1 is 1.43 bits per heavy atom. The highest BCUT2D eigenvalue weighted by Crippen LogP contribution is 2.21. The largest absolute Gasteiger partial charge is 0.399 e. The van der Waals surface area contributed by atoms with Gasteiger partial charge in [0.2, 0.25) is 0 Å². The van der Waals surface area contributed by atoms with Crippen molar-refractivity contribution < 1.29 is 10.2 Å². The van der Waals surface area contributed by atoms with Crippen molar-refractivity contribution in [3.63, 3.8) is 0 Å². The van der Waals surface area contributed by atoms with E-state index in [2.05, 4.69) is 12.6 Å². The second-order valence-corrected chi connectivity index (χ2v) is 3.68. The number of nitrogen functional groups attached to an aromatic ring is 1. The number of thiol groups is 1. The first-order chi connectivity index (χ1) is 6.56. The molecule has 0 amide bonds. The molecule has 2 unspecified atom stereocenters. The van der Waals surface area contributed by atoms with Crippen LogP contribution in [0.1, 0.15) is 17.2 Å². The van der Waals surface area contributed by atoms with Gasteiger partial charge in [0.25, 0.3) is 0 Å². The topological polar surface area (TPSA) is 66.5 Å². The van der Waals surface area contributed by atoms with E-state index in [1.807, 2.05) is 6.92 Å². The Labute approximate surface area is 89.0 Å². The van der Waals surface area contributed by atoms with E-state index in [1.54, 1.807) is 18.2 Å². The number of hydrogen-bond acceptors (Lipinski definition) is 4. The van der Waals surface area contributed by atoms with Crippen LogP contribution in [0.4, 0.5) is 5.69 Å². The maximum atomic E-state index is 9.66. The van der Waals surface area contributed by atoms with E-state index in [4.69, 9.17) is 5.73 Å². The molecular formula is C10H15NO2S. The summed E-state index contributed by atoms with van der Waals surface area (Å²) in [4.78, 5) is 0. The zero-order chi connectivity index (χ0) is 10.7. The van der Waals surface area contributed by atoms with E-state index in [-0.39, 0.29) is 5.75 Å². The molecule has 0 saturated heterocycles. The minimum Gasteiger partial charge on any atom is -0.399 e. The van der Waals surface area contributed by atoms with Crippen molar-refractivity contribution in [3.8, 4) is 0 Å². The maximum Gasteiger partial charge on any atom is 0.106 e. The lowest BCUT2D eigenvalue weighted by Gasteiger charge is -2.16. The van der Waals surface area contributed by atoms with E-state index in [0.29, 0.717) is 11.3 Å². The molecule has 2 atom stereocenters. The summed E-state index contributed by atoms with van der Waals surface area (Å²) in [5.41, 5.74) is 7.88. The van der Waals surface area contributed by atoms with Crippen LogP contribution in [0.5, 0.6) is 0 Å². The minimum absolute atomic E-state index is 0.227. The van der Waals surface area contributed by atoms with E-state index in [1.165, 1.54) is 0 Å². The van der Waals surface area contributed by atoms with Crippen molar-refractivity contribution in [2.75, 3.05) is 11.5 Å². The van der Waals surface area contributed by atoms with E-state index in [0.717, 1.165) is 5.56 Å². The van der Waals surface area contributed by atoms with Crippen molar-refractivity contribution >= 4 is 18.3 Å². The van der Waals surface area contributed by atoms with Gasteiger partial charge in [-0.05, 0) is 24.1 Å². The summed E-state index contributed by atoms with van der Waals surface area (Å²) in [7, 11) is 0. The third-order valence-corrected chi connectivity index (χ3v) is 2.56. The number of aliphatic hydroxyl groups is 2. The Balaban J connectivity index is 2.91. The second-order valence-electron chi connectivity index (χ2n) is 3.31. The van der Waals surface area contributed by atoms with E-state index >= 15 is 0 Å². The van der Waals surface area contributed by atoms with Crippen molar-refractivity contribution in [2.24, 2.45) is 0 Å². The highest BCUT2D eigenvalue weighted by atomic mass is 32.1. The zero-order valence-corrected chi connectivity index (χ0v) is 8.91. The molecule has 0 saturated carbocycles. The number of benzene rings is 1. The van der Waals surface area contributed by atoms with Crippen molar-refractivity contribution in [1.82, 2.24) is 0 Å². The zero-order valence-electron chi connectivity index (χ0n) is 8.01. The summed E-state index contributed by atoms with van der Waals surface area (Å²) >= 11 is 3.92. The SMILES string of the molecule is Cc1cc(C(O)C(O)CS)ccc1N. The number of aliphatic hydroxyl groups excluding tert-OH is 2. The van der Waals surface area contributed by atoms with Crippen LogP contribution in [0.15, 0.2) is 18.2 Å².